The molecule has 0 atom stereocenters. The number of aromatic nitrogens is 2. The first kappa shape index (κ1) is 14.3. The van der Waals surface area contributed by atoms with E-state index in [1.165, 1.54) is 11.9 Å². The molecule has 106 valence electrons. The van der Waals surface area contributed by atoms with Crippen LogP contribution in [0, 0.1) is 0 Å². The van der Waals surface area contributed by atoms with Gasteiger partial charge >= 0.3 is 0 Å². The molecule has 20 heavy (non-hydrogen) atoms. The molecule has 0 unspecified atom stereocenters. The van der Waals surface area contributed by atoms with Crippen molar-refractivity contribution in [1.82, 2.24) is 9.97 Å². The molecule has 0 spiro atoms. The Balaban J connectivity index is 2.01. The molecule has 0 aliphatic heterocycles. The molecular weight excluding hydrogens is 254 g/mol. The number of hydrogen-bond acceptors (Lipinski definition) is 5. The second kappa shape index (κ2) is 7.45. The fourth-order valence-corrected chi connectivity index (χ4v) is 1.68. The predicted octanol–water partition coefficient (Wildman–Crippen LogP) is 2.56. The molecule has 2 aromatic rings. The topological polar surface area (TPSA) is 70.3 Å². The minimum absolute atomic E-state index is 0.470. The van der Waals surface area contributed by atoms with Crippen LogP contribution in [0.3, 0.4) is 0 Å². The highest BCUT2D eigenvalue weighted by molar-refractivity contribution is 5.31. The van der Waals surface area contributed by atoms with E-state index in [9.17, 15) is 0 Å². The highest BCUT2D eigenvalue weighted by Gasteiger charge is 2.02. The van der Waals surface area contributed by atoms with E-state index in [2.05, 4.69) is 9.97 Å². The van der Waals surface area contributed by atoms with Crippen molar-refractivity contribution in [2.24, 2.45) is 5.73 Å². The molecule has 0 aliphatic carbocycles. The molecule has 0 aliphatic rings. The second-order valence-corrected chi connectivity index (χ2v) is 4.33. The van der Waals surface area contributed by atoms with Crippen molar-refractivity contribution in [3.05, 3.63) is 42.2 Å². The summed E-state index contributed by atoms with van der Waals surface area (Å²) in [7, 11) is 0. The summed E-state index contributed by atoms with van der Waals surface area (Å²) in [5.74, 6) is 1.72. The number of rotatable bonds is 7. The van der Waals surface area contributed by atoms with Gasteiger partial charge < -0.3 is 15.2 Å². The van der Waals surface area contributed by atoms with Crippen molar-refractivity contribution in [2.75, 3.05) is 13.2 Å². The molecule has 0 saturated heterocycles. The first-order valence-electron chi connectivity index (χ1n) is 6.73. The Bertz CT molecular complexity index is 529. The van der Waals surface area contributed by atoms with Crippen LogP contribution in [0.2, 0.25) is 0 Å². The van der Waals surface area contributed by atoms with Crippen LogP contribution >= 0.6 is 0 Å². The van der Waals surface area contributed by atoms with Gasteiger partial charge in [0, 0.05) is 0 Å². The van der Waals surface area contributed by atoms with Crippen LogP contribution in [-0.4, -0.2) is 23.1 Å². The Kier molecular flexibility index (Phi) is 5.32. The molecule has 1 heterocycles. The van der Waals surface area contributed by atoms with Crippen LogP contribution in [0.5, 0.6) is 17.5 Å². The molecule has 0 amide bonds. The minimum Gasteiger partial charge on any atom is -0.477 e. The SMILES string of the molecule is CCCOc1cc(Oc2ccc(CCN)cc2)ncn1. The molecule has 0 saturated carbocycles. The van der Waals surface area contributed by atoms with Crippen LogP contribution in [0.1, 0.15) is 18.9 Å². The van der Waals surface area contributed by atoms with Crippen LogP contribution in [-0.2, 0) is 6.42 Å². The number of hydrogen-bond donors (Lipinski definition) is 1. The Hall–Kier alpha value is -2.14. The molecule has 2 N–H and O–H groups in total. The summed E-state index contributed by atoms with van der Waals surface area (Å²) >= 11 is 0. The van der Waals surface area contributed by atoms with E-state index in [4.69, 9.17) is 15.2 Å². The first-order chi connectivity index (χ1) is 9.81. The maximum Gasteiger partial charge on any atom is 0.226 e. The van der Waals surface area contributed by atoms with Gasteiger partial charge in [0.1, 0.15) is 12.1 Å². The third kappa shape index (κ3) is 4.20. The smallest absolute Gasteiger partial charge is 0.226 e. The van der Waals surface area contributed by atoms with Crippen molar-refractivity contribution in [2.45, 2.75) is 19.8 Å². The standard InChI is InChI=1S/C15H19N3O2/c1-2-9-19-14-10-15(18-11-17-14)20-13-5-3-12(4-6-13)7-8-16/h3-6,10-11H,2,7-9,16H2,1H3. The summed E-state index contributed by atoms with van der Waals surface area (Å²) in [5, 5.41) is 0. The van der Waals surface area contributed by atoms with Gasteiger partial charge in [-0.05, 0) is 37.1 Å². The normalized spacial score (nSPS) is 10.3. The zero-order valence-corrected chi connectivity index (χ0v) is 11.6. The Morgan fingerprint density at radius 1 is 1.10 bits per heavy atom. The quantitative estimate of drug-likeness (QED) is 0.839. The van der Waals surface area contributed by atoms with Crippen molar-refractivity contribution in [3.8, 4) is 17.5 Å². The highest BCUT2D eigenvalue weighted by atomic mass is 16.5. The van der Waals surface area contributed by atoms with Gasteiger partial charge in [0.2, 0.25) is 11.8 Å². The van der Waals surface area contributed by atoms with Crippen LogP contribution in [0.15, 0.2) is 36.7 Å². The average Bonchev–Trinajstić information content (AvgIpc) is 2.48. The summed E-state index contributed by atoms with van der Waals surface area (Å²) < 4.78 is 11.1. The fraction of sp³-hybridized carbons (Fsp3) is 0.333. The monoisotopic (exact) mass is 273 g/mol. The lowest BCUT2D eigenvalue weighted by Crippen LogP contribution is -2.02. The second-order valence-electron chi connectivity index (χ2n) is 4.33. The summed E-state index contributed by atoms with van der Waals surface area (Å²) in [6, 6.07) is 9.48. The minimum atomic E-state index is 0.470. The molecule has 5 heteroatoms. The van der Waals surface area contributed by atoms with Crippen LogP contribution in [0.4, 0.5) is 0 Å². The Labute approximate surface area is 118 Å². The van der Waals surface area contributed by atoms with Gasteiger partial charge in [-0.2, -0.15) is 0 Å². The van der Waals surface area contributed by atoms with Gasteiger partial charge in [0.05, 0.1) is 12.7 Å². The zero-order valence-electron chi connectivity index (χ0n) is 11.6. The van der Waals surface area contributed by atoms with Gasteiger partial charge in [-0.1, -0.05) is 19.1 Å². The molecule has 0 radical (unpaired) electrons. The molecule has 1 aromatic heterocycles. The van der Waals surface area contributed by atoms with E-state index in [-0.39, 0.29) is 0 Å². The largest absolute Gasteiger partial charge is 0.477 e. The third-order valence-electron chi connectivity index (χ3n) is 2.65. The molecule has 0 fully saturated rings. The number of nitrogens with two attached hydrogens (primary N) is 1. The predicted molar refractivity (Wildman–Crippen MR) is 77.1 cm³/mol. The lowest BCUT2D eigenvalue weighted by molar-refractivity contribution is 0.302. The number of ether oxygens (including phenoxy) is 2. The van der Waals surface area contributed by atoms with E-state index in [0.29, 0.717) is 24.9 Å². The zero-order chi connectivity index (χ0) is 14.2. The molecule has 0 bridgehead atoms. The van der Waals surface area contributed by atoms with Gasteiger partial charge in [-0.15, -0.1) is 0 Å². The average molecular weight is 273 g/mol. The van der Waals surface area contributed by atoms with Gasteiger partial charge in [0.15, 0.2) is 0 Å². The number of nitrogens with zero attached hydrogens (tertiary/aromatic N) is 2. The maximum absolute atomic E-state index is 5.67. The summed E-state index contributed by atoms with van der Waals surface area (Å²) in [5.41, 5.74) is 6.71. The Morgan fingerprint density at radius 2 is 1.85 bits per heavy atom. The van der Waals surface area contributed by atoms with Crippen molar-refractivity contribution in [3.63, 3.8) is 0 Å². The highest BCUT2D eigenvalue weighted by Crippen LogP contribution is 2.22. The maximum atomic E-state index is 5.67. The first-order valence-corrected chi connectivity index (χ1v) is 6.73. The van der Waals surface area contributed by atoms with Gasteiger partial charge in [-0.25, -0.2) is 9.97 Å². The molecule has 2 rings (SSSR count). The van der Waals surface area contributed by atoms with Crippen LogP contribution in [0.25, 0.3) is 0 Å². The van der Waals surface area contributed by atoms with Crippen molar-refractivity contribution in [1.29, 1.82) is 0 Å². The van der Waals surface area contributed by atoms with Gasteiger partial charge in [-0.3, -0.25) is 0 Å². The summed E-state index contributed by atoms with van der Waals surface area (Å²) in [6.45, 7) is 3.32. The molecule has 5 nitrogen and oxygen atoms in total. The summed E-state index contributed by atoms with van der Waals surface area (Å²) in [6.07, 6.45) is 3.23. The Morgan fingerprint density at radius 3 is 2.55 bits per heavy atom. The van der Waals surface area contributed by atoms with Gasteiger partial charge in [0.25, 0.3) is 0 Å². The summed E-state index contributed by atoms with van der Waals surface area (Å²) in [4.78, 5) is 8.10. The lowest BCUT2D eigenvalue weighted by atomic mass is 10.1. The lowest BCUT2D eigenvalue weighted by Gasteiger charge is -2.07. The third-order valence-corrected chi connectivity index (χ3v) is 2.65. The van der Waals surface area contributed by atoms with E-state index >= 15 is 0 Å². The number of benzene rings is 1. The van der Waals surface area contributed by atoms with E-state index in [1.807, 2.05) is 31.2 Å². The van der Waals surface area contributed by atoms with E-state index in [0.717, 1.165) is 18.6 Å². The fourth-order valence-electron chi connectivity index (χ4n) is 1.68. The van der Waals surface area contributed by atoms with E-state index in [1.54, 1.807) is 6.07 Å². The molecule has 1 aromatic carbocycles. The molecular formula is C15H19N3O2. The van der Waals surface area contributed by atoms with Crippen molar-refractivity contribution < 1.29 is 9.47 Å². The van der Waals surface area contributed by atoms with E-state index < -0.39 is 0 Å². The van der Waals surface area contributed by atoms with Crippen LogP contribution < -0.4 is 15.2 Å². The van der Waals surface area contributed by atoms with Crippen molar-refractivity contribution >= 4 is 0 Å².